The van der Waals surface area contributed by atoms with E-state index in [1.807, 2.05) is 0 Å². The Morgan fingerprint density at radius 3 is 2.00 bits per heavy atom. The van der Waals surface area contributed by atoms with E-state index in [0.29, 0.717) is 0 Å². The molecule has 1 radical (unpaired) electrons. The first-order valence-corrected chi connectivity index (χ1v) is 3.07. The van der Waals surface area contributed by atoms with Crippen LogP contribution in [0.2, 0.25) is 0 Å². The molecule has 1 rings (SSSR count). The summed E-state index contributed by atoms with van der Waals surface area (Å²) in [6, 6.07) is 8.06. The number of amides is 1. The van der Waals surface area contributed by atoms with Crippen LogP contribution in [0, 0.1) is 0 Å². The maximum atomic E-state index is 10.8. The largest absolute Gasteiger partial charge is 0.661 e. The Kier molecular flexibility index (Phi) is 4.94. The van der Waals surface area contributed by atoms with Gasteiger partial charge >= 0.3 is 0 Å². The van der Waals surface area contributed by atoms with Gasteiger partial charge in [-0.3, -0.25) is 4.79 Å². The van der Waals surface area contributed by atoms with Crippen LogP contribution in [-0.4, -0.2) is 11.7 Å². The van der Waals surface area contributed by atoms with Crippen molar-refractivity contribution in [3.8, 4) is 0 Å². The second-order valence-electron chi connectivity index (χ2n) is 2.02. The number of carbonyl (C=O) groups excluding carboxylic acids is 2. The Morgan fingerprint density at radius 2 is 1.58 bits per heavy atom. The molecule has 1 aromatic carbocycles. The van der Waals surface area contributed by atoms with Crippen molar-refractivity contribution in [3.05, 3.63) is 41.6 Å². The zero-order chi connectivity index (χ0) is 8.27. The average molecular weight is 237 g/mol. The first-order valence-electron chi connectivity index (χ1n) is 3.07. The number of benzene rings is 1. The average Bonchev–Trinajstić information content (AvgIpc) is 2.05. The molecule has 0 aliphatic rings. The fourth-order valence-electron chi connectivity index (χ4n) is 0.721. The van der Waals surface area contributed by atoms with E-state index in [0.717, 1.165) is 0 Å². The van der Waals surface area contributed by atoms with Crippen LogP contribution >= 0.6 is 0 Å². The zero-order valence-electron chi connectivity index (χ0n) is 6.28. The van der Waals surface area contributed by atoms with E-state index in [2.05, 4.69) is 0 Å². The molecule has 0 saturated carbocycles. The summed E-state index contributed by atoms with van der Waals surface area (Å²) in [5, 5.41) is 0. The van der Waals surface area contributed by atoms with Crippen molar-refractivity contribution >= 4 is 11.7 Å². The summed E-state index contributed by atoms with van der Waals surface area (Å²) in [5.41, 5.74) is 6.80. The maximum absolute atomic E-state index is 10.8. The van der Waals surface area contributed by atoms with Crippen LogP contribution in [0.15, 0.2) is 30.3 Å². The summed E-state index contributed by atoms with van der Waals surface area (Å²) in [6.45, 7) is 0. The van der Waals surface area contributed by atoms with Gasteiger partial charge in [0.05, 0.1) is 0 Å². The summed E-state index contributed by atoms with van der Waals surface area (Å²) in [7, 11) is 0. The molecular formula is C8H6NO2Y-. The quantitative estimate of drug-likeness (QED) is 0.577. The summed E-state index contributed by atoms with van der Waals surface area (Å²) in [4.78, 5) is 21.1. The van der Waals surface area contributed by atoms with E-state index >= 15 is 0 Å². The van der Waals surface area contributed by atoms with E-state index in [9.17, 15) is 9.59 Å². The third kappa shape index (κ3) is 2.84. The Morgan fingerprint density at radius 1 is 1.08 bits per heavy atom. The monoisotopic (exact) mass is 237 g/mol. The predicted molar refractivity (Wildman–Crippen MR) is 40.1 cm³/mol. The molecule has 4 heteroatoms. The smallest absolute Gasteiger partial charge is 0.210 e. The molecule has 0 bridgehead atoms. The molecule has 0 aliphatic carbocycles. The first-order chi connectivity index (χ1) is 5.22. The fourth-order valence-corrected chi connectivity index (χ4v) is 0.721. The molecule has 0 atom stereocenters. The second-order valence-corrected chi connectivity index (χ2v) is 2.02. The van der Waals surface area contributed by atoms with Gasteiger partial charge in [-0.1, -0.05) is 30.3 Å². The third-order valence-electron chi connectivity index (χ3n) is 1.24. The summed E-state index contributed by atoms with van der Waals surface area (Å²) in [5.74, 6) is -1.93. The molecule has 1 aromatic rings. The van der Waals surface area contributed by atoms with Gasteiger partial charge < -0.3 is 10.5 Å². The van der Waals surface area contributed by atoms with Crippen LogP contribution in [0.3, 0.4) is 0 Å². The molecule has 0 aromatic heterocycles. The second kappa shape index (κ2) is 5.17. The van der Waals surface area contributed by atoms with Gasteiger partial charge in [0, 0.05) is 38.3 Å². The van der Waals surface area contributed by atoms with Gasteiger partial charge in [0.1, 0.15) is 5.91 Å². The third-order valence-corrected chi connectivity index (χ3v) is 1.24. The molecule has 0 unspecified atom stereocenters. The SMILES string of the molecule is [NH-]C(=O)C(=O)c1ccccc1.[Y]. The van der Waals surface area contributed by atoms with Gasteiger partial charge in [0.25, 0.3) is 0 Å². The van der Waals surface area contributed by atoms with E-state index in [4.69, 9.17) is 5.73 Å². The van der Waals surface area contributed by atoms with Crippen molar-refractivity contribution in [1.29, 1.82) is 0 Å². The maximum Gasteiger partial charge on any atom is 0.210 e. The molecule has 1 N–H and O–H groups in total. The molecule has 0 fully saturated rings. The van der Waals surface area contributed by atoms with Crippen LogP contribution in [0.5, 0.6) is 0 Å². The van der Waals surface area contributed by atoms with Crippen molar-refractivity contribution in [2.45, 2.75) is 0 Å². The number of carbonyl (C=O) groups is 2. The molecule has 59 valence electrons. The van der Waals surface area contributed by atoms with Gasteiger partial charge in [0.2, 0.25) is 5.78 Å². The van der Waals surface area contributed by atoms with Gasteiger partial charge in [-0.25, -0.2) is 0 Å². The van der Waals surface area contributed by atoms with Crippen molar-refractivity contribution in [3.63, 3.8) is 0 Å². The summed E-state index contributed by atoms with van der Waals surface area (Å²) in [6.07, 6.45) is 0. The summed E-state index contributed by atoms with van der Waals surface area (Å²) < 4.78 is 0. The van der Waals surface area contributed by atoms with Crippen LogP contribution in [-0.2, 0) is 37.5 Å². The standard InChI is InChI=1S/C8H7NO2.Y/c9-8(11)7(10)6-4-2-1-3-5-6;/h1-5H,(H2,9,11);/p-1. The topological polar surface area (TPSA) is 57.9 Å². The number of hydrogen-bond acceptors (Lipinski definition) is 2. The number of ketones is 1. The predicted octanol–water partition coefficient (Wildman–Crippen LogP) is 1.45. The Hall–Kier alpha value is -0.536. The minimum absolute atomic E-state index is 0. The van der Waals surface area contributed by atoms with Crippen LogP contribution in [0.25, 0.3) is 5.73 Å². The summed E-state index contributed by atoms with van der Waals surface area (Å²) >= 11 is 0. The molecule has 3 nitrogen and oxygen atoms in total. The van der Waals surface area contributed by atoms with Gasteiger partial charge in [-0.05, 0) is 0 Å². The minimum atomic E-state index is -1.17. The van der Waals surface area contributed by atoms with Crippen molar-refractivity contribution in [2.24, 2.45) is 0 Å². The Labute approximate surface area is 95.2 Å². The molecule has 0 heterocycles. The van der Waals surface area contributed by atoms with E-state index in [1.54, 1.807) is 18.2 Å². The Bertz CT molecular complexity index is 284. The van der Waals surface area contributed by atoms with E-state index < -0.39 is 11.7 Å². The zero-order valence-corrected chi connectivity index (χ0v) is 9.12. The molecule has 0 saturated heterocycles. The number of hydrogen-bond donors (Lipinski definition) is 0. The van der Waals surface area contributed by atoms with Gasteiger partial charge in [-0.15, -0.1) is 0 Å². The molecule has 0 spiro atoms. The van der Waals surface area contributed by atoms with Gasteiger partial charge in [0.15, 0.2) is 0 Å². The fraction of sp³-hybridized carbons (Fsp3) is 0. The normalized spacial score (nSPS) is 8.33. The molecule has 0 aliphatic heterocycles. The molecular weight excluding hydrogens is 231 g/mol. The number of Topliss-reactive ketones (excluding diaryl/α,β-unsaturated/α-hetero) is 1. The molecule has 12 heavy (non-hydrogen) atoms. The van der Waals surface area contributed by atoms with Crippen LogP contribution < -0.4 is 0 Å². The number of rotatable bonds is 2. The van der Waals surface area contributed by atoms with Gasteiger partial charge in [-0.2, -0.15) is 0 Å². The Balaban J connectivity index is 0.00000121. The van der Waals surface area contributed by atoms with Crippen molar-refractivity contribution in [1.82, 2.24) is 0 Å². The van der Waals surface area contributed by atoms with Crippen molar-refractivity contribution < 1.29 is 42.3 Å². The molecule has 1 amide bonds. The van der Waals surface area contributed by atoms with E-state index in [-0.39, 0.29) is 38.3 Å². The van der Waals surface area contributed by atoms with Crippen LogP contribution in [0.4, 0.5) is 0 Å². The first kappa shape index (κ1) is 11.5. The van der Waals surface area contributed by atoms with Crippen molar-refractivity contribution in [2.75, 3.05) is 0 Å². The van der Waals surface area contributed by atoms with Crippen LogP contribution in [0.1, 0.15) is 10.4 Å². The number of nitrogens with one attached hydrogen (secondary N) is 1. The van der Waals surface area contributed by atoms with E-state index in [1.165, 1.54) is 12.1 Å². The minimum Gasteiger partial charge on any atom is -0.661 e.